The molecular formula is C12H17FN2O. The van der Waals surface area contributed by atoms with E-state index in [2.05, 4.69) is 4.90 Å². The van der Waals surface area contributed by atoms with E-state index >= 15 is 0 Å². The molecule has 0 saturated heterocycles. The summed E-state index contributed by atoms with van der Waals surface area (Å²) in [5, 5.41) is 8.96. The van der Waals surface area contributed by atoms with Gasteiger partial charge in [0.15, 0.2) is 0 Å². The molecule has 0 aliphatic heterocycles. The minimum atomic E-state index is -0.261. The van der Waals surface area contributed by atoms with Crippen LogP contribution in [0.15, 0.2) is 18.2 Å². The second-order valence-corrected chi connectivity index (χ2v) is 4.23. The highest BCUT2D eigenvalue weighted by Crippen LogP contribution is 2.29. The van der Waals surface area contributed by atoms with Gasteiger partial charge in [0.1, 0.15) is 5.82 Å². The van der Waals surface area contributed by atoms with Crippen LogP contribution in [0.25, 0.3) is 0 Å². The number of hydrogen-bond donors (Lipinski definition) is 2. The van der Waals surface area contributed by atoms with Gasteiger partial charge < -0.3 is 10.8 Å². The molecule has 4 heteroatoms. The molecule has 1 saturated carbocycles. The Labute approximate surface area is 94.7 Å². The standard InChI is InChI=1S/C12H17FN2O/c13-11-2-1-3-12(14)10(11)8-15(6-7-16)9-4-5-9/h1-3,9,16H,4-8,14H2. The smallest absolute Gasteiger partial charge is 0.129 e. The summed E-state index contributed by atoms with van der Waals surface area (Å²) >= 11 is 0. The molecule has 16 heavy (non-hydrogen) atoms. The van der Waals surface area contributed by atoms with Crippen molar-refractivity contribution < 1.29 is 9.50 Å². The van der Waals surface area contributed by atoms with Gasteiger partial charge >= 0.3 is 0 Å². The Kier molecular flexibility index (Phi) is 3.41. The van der Waals surface area contributed by atoms with Crippen LogP contribution in [0.5, 0.6) is 0 Å². The molecule has 2 rings (SSSR count). The lowest BCUT2D eigenvalue weighted by atomic mass is 10.1. The predicted molar refractivity (Wildman–Crippen MR) is 61.3 cm³/mol. The lowest BCUT2D eigenvalue weighted by Gasteiger charge is -2.21. The second-order valence-electron chi connectivity index (χ2n) is 4.23. The molecule has 0 bridgehead atoms. The zero-order valence-corrected chi connectivity index (χ0v) is 9.19. The van der Waals surface area contributed by atoms with Gasteiger partial charge in [-0.2, -0.15) is 0 Å². The van der Waals surface area contributed by atoms with Crippen molar-refractivity contribution in [2.24, 2.45) is 0 Å². The lowest BCUT2D eigenvalue weighted by molar-refractivity contribution is 0.182. The van der Waals surface area contributed by atoms with Crippen LogP contribution in [0, 0.1) is 5.82 Å². The molecule has 0 spiro atoms. The predicted octanol–water partition coefficient (Wildman–Crippen LogP) is 1.36. The third-order valence-electron chi connectivity index (χ3n) is 2.97. The van der Waals surface area contributed by atoms with Crippen molar-refractivity contribution in [2.75, 3.05) is 18.9 Å². The minimum absolute atomic E-state index is 0.102. The van der Waals surface area contributed by atoms with Gasteiger partial charge in [-0.3, -0.25) is 4.90 Å². The first-order valence-electron chi connectivity index (χ1n) is 5.60. The molecule has 0 heterocycles. The number of benzene rings is 1. The molecular weight excluding hydrogens is 207 g/mol. The molecule has 1 aliphatic carbocycles. The molecule has 1 aromatic rings. The van der Waals surface area contributed by atoms with E-state index in [9.17, 15) is 4.39 Å². The fourth-order valence-electron chi connectivity index (χ4n) is 1.90. The van der Waals surface area contributed by atoms with E-state index in [0.29, 0.717) is 30.4 Å². The molecule has 1 aromatic carbocycles. The van der Waals surface area contributed by atoms with Crippen molar-refractivity contribution in [3.63, 3.8) is 0 Å². The number of halogens is 1. The first kappa shape index (κ1) is 11.4. The van der Waals surface area contributed by atoms with Crippen LogP contribution in [0.1, 0.15) is 18.4 Å². The van der Waals surface area contributed by atoms with Gasteiger partial charge in [-0.05, 0) is 25.0 Å². The number of nitrogens with two attached hydrogens (primary N) is 1. The van der Waals surface area contributed by atoms with Crippen LogP contribution < -0.4 is 5.73 Å². The number of aliphatic hydroxyl groups is 1. The largest absolute Gasteiger partial charge is 0.398 e. The normalized spacial score (nSPS) is 15.7. The number of aliphatic hydroxyl groups excluding tert-OH is 1. The summed E-state index contributed by atoms with van der Waals surface area (Å²) < 4.78 is 13.6. The third kappa shape index (κ3) is 2.51. The minimum Gasteiger partial charge on any atom is -0.398 e. The van der Waals surface area contributed by atoms with Gasteiger partial charge in [0.2, 0.25) is 0 Å². The number of rotatable bonds is 5. The van der Waals surface area contributed by atoms with E-state index in [0.717, 1.165) is 12.8 Å². The second kappa shape index (κ2) is 4.80. The molecule has 0 radical (unpaired) electrons. The number of nitrogens with zero attached hydrogens (tertiary/aromatic N) is 1. The van der Waals surface area contributed by atoms with Crippen LogP contribution in [-0.4, -0.2) is 29.2 Å². The van der Waals surface area contributed by atoms with Crippen LogP contribution in [0.4, 0.5) is 10.1 Å². The Hall–Kier alpha value is -1.13. The van der Waals surface area contributed by atoms with Crippen LogP contribution in [-0.2, 0) is 6.54 Å². The van der Waals surface area contributed by atoms with Crippen molar-refractivity contribution in [2.45, 2.75) is 25.4 Å². The van der Waals surface area contributed by atoms with E-state index in [1.807, 2.05) is 0 Å². The van der Waals surface area contributed by atoms with Crippen LogP contribution in [0.3, 0.4) is 0 Å². The van der Waals surface area contributed by atoms with Crippen molar-refractivity contribution in [1.82, 2.24) is 4.90 Å². The van der Waals surface area contributed by atoms with Gasteiger partial charge in [-0.15, -0.1) is 0 Å². The molecule has 88 valence electrons. The molecule has 0 atom stereocenters. The van der Waals surface area contributed by atoms with E-state index in [1.165, 1.54) is 6.07 Å². The van der Waals surface area contributed by atoms with Crippen molar-refractivity contribution in [3.8, 4) is 0 Å². The maximum atomic E-state index is 13.6. The first-order chi connectivity index (χ1) is 7.72. The number of nitrogen functional groups attached to an aromatic ring is 1. The first-order valence-corrected chi connectivity index (χ1v) is 5.60. The average Bonchev–Trinajstić information content (AvgIpc) is 3.06. The van der Waals surface area contributed by atoms with Gasteiger partial charge in [0.05, 0.1) is 6.61 Å². The van der Waals surface area contributed by atoms with E-state index in [4.69, 9.17) is 10.8 Å². The molecule has 1 fully saturated rings. The lowest BCUT2D eigenvalue weighted by Crippen LogP contribution is -2.29. The van der Waals surface area contributed by atoms with Crippen LogP contribution >= 0.6 is 0 Å². The van der Waals surface area contributed by atoms with Gasteiger partial charge in [-0.1, -0.05) is 6.07 Å². The Morgan fingerprint density at radius 1 is 1.44 bits per heavy atom. The van der Waals surface area contributed by atoms with Gasteiger partial charge in [0.25, 0.3) is 0 Å². The fourth-order valence-corrected chi connectivity index (χ4v) is 1.90. The highest BCUT2D eigenvalue weighted by molar-refractivity contribution is 5.47. The van der Waals surface area contributed by atoms with Crippen molar-refractivity contribution >= 4 is 5.69 Å². The molecule has 3 N–H and O–H groups in total. The summed E-state index contributed by atoms with van der Waals surface area (Å²) in [6.45, 7) is 1.17. The highest BCUT2D eigenvalue weighted by atomic mass is 19.1. The summed E-state index contributed by atoms with van der Waals surface area (Å²) in [6, 6.07) is 5.24. The zero-order chi connectivity index (χ0) is 11.5. The fraction of sp³-hybridized carbons (Fsp3) is 0.500. The Morgan fingerprint density at radius 2 is 2.19 bits per heavy atom. The summed E-state index contributed by atoms with van der Waals surface area (Å²) in [5.41, 5.74) is 6.79. The van der Waals surface area contributed by atoms with Gasteiger partial charge in [-0.25, -0.2) is 4.39 Å². The number of hydrogen-bond acceptors (Lipinski definition) is 3. The molecule has 0 amide bonds. The van der Waals surface area contributed by atoms with Crippen molar-refractivity contribution in [1.29, 1.82) is 0 Å². The van der Waals surface area contributed by atoms with Crippen LogP contribution in [0.2, 0.25) is 0 Å². The van der Waals surface area contributed by atoms with E-state index in [1.54, 1.807) is 12.1 Å². The topological polar surface area (TPSA) is 49.5 Å². The SMILES string of the molecule is Nc1cccc(F)c1CN(CCO)C1CC1. The third-order valence-corrected chi connectivity index (χ3v) is 2.97. The Morgan fingerprint density at radius 3 is 2.75 bits per heavy atom. The summed E-state index contributed by atoms with van der Waals surface area (Å²) in [6.07, 6.45) is 2.27. The van der Waals surface area contributed by atoms with Crippen molar-refractivity contribution in [3.05, 3.63) is 29.6 Å². The number of anilines is 1. The quantitative estimate of drug-likeness (QED) is 0.743. The van der Waals surface area contributed by atoms with E-state index < -0.39 is 0 Å². The average molecular weight is 224 g/mol. The molecule has 3 nitrogen and oxygen atoms in total. The summed E-state index contributed by atoms with van der Waals surface area (Å²) in [7, 11) is 0. The van der Waals surface area contributed by atoms with Gasteiger partial charge in [0, 0.05) is 30.4 Å². The molecule has 0 unspecified atom stereocenters. The maximum Gasteiger partial charge on any atom is 0.129 e. The monoisotopic (exact) mass is 224 g/mol. The zero-order valence-electron chi connectivity index (χ0n) is 9.19. The Bertz CT molecular complexity index is 346. The summed E-state index contributed by atoms with van der Waals surface area (Å²) in [5.74, 6) is -0.261. The summed E-state index contributed by atoms with van der Waals surface area (Å²) in [4.78, 5) is 2.09. The molecule has 1 aliphatic rings. The highest BCUT2D eigenvalue weighted by Gasteiger charge is 2.29. The Balaban J connectivity index is 2.11. The van der Waals surface area contributed by atoms with E-state index in [-0.39, 0.29) is 12.4 Å². The molecule has 0 aromatic heterocycles. The maximum absolute atomic E-state index is 13.6.